The highest BCUT2D eigenvalue weighted by Gasteiger charge is 2.18. The van der Waals surface area contributed by atoms with E-state index in [2.05, 4.69) is 6.08 Å². The van der Waals surface area contributed by atoms with Crippen molar-refractivity contribution in [3.63, 3.8) is 0 Å². The molecule has 0 saturated carbocycles. The molecule has 0 N–H and O–H groups in total. The Hall–Kier alpha value is -2.62. The molecular weight excluding hydrogens is 268 g/mol. The summed E-state index contributed by atoms with van der Waals surface area (Å²) in [5.74, 6) is 3.15. The molecule has 4 heteroatoms. The Labute approximate surface area is 122 Å². The average molecular weight is 282 g/mol. The first-order valence-corrected chi connectivity index (χ1v) is 6.81. The fraction of sp³-hybridized carbons (Fsp3) is 0.176. The molecule has 2 aliphatic heterocycles. The minimum atomic E-state index is 0.286. The summed E-state index contributed by atoms with van der Waals surface area (Å²) >= 11 is 0. The van der Waals surface area contributed by atoms with Gasteiger partial charge in [0.05, 0.1) is 0 Å². The lowest BCUT2D eigenvalue weighted by Gasteiger charge is -2.09. The van der Waals surface area contributed by atoms with E-state index in [9.17, 15) is 0 Å². The van der Waals surface area contributed by atoms with Gasteiger partial charge in [-0.15, -0.1) is 0 Å². The molecule has 2 heterocycles. The van der Waals surface area contributed by atoms with Crippen LogP contribution in [0, 0.1) is 0 Å². The van der Waals surface area contributed by atoms with E-state index in [1.807, 2.05) is 43.3 Å². The largest absolute Gasteiger partial charge is 0.454 e. The number of allylic oxidation sites excluding steroid dienone is 1. The normalized spacial score (nSPS) is 14.1. The smallest absolute Gasteiger partial charge is 0.231 e. The molecule has 0 radical (unpaired) electrons. The lowest BCUT2D eigenvalue weighted by atomic mass is 9.97. The third-order valence-corrected chi connectivity index (χ3v) is 3.66. The van der Waals surface area contributed by atoms with E-state index in [0.29, 0.717) is 0 Å². The Bertz CT molecular complexity index is 674. The Morgan fingerprint density at radius 3 is 1.71 bits per heavy atom. The molecule has 0 spiro atoms. The fourth-order valence-corrected chi connectivity index (χ4v) is 2.63. The van der Waals surface area contributed by atoms with Crippen LogP contribution < -0.4 is 18.9 Å². The zero-order chi connectivity index (χ0) is 14.2. The number of benzene rings is 2. The van der Waals surface area contributed by atoms with E-state index in [1.54, 1.807) is 0 Å². The van der Waals surface area contributed by atoms with Gasteiger partial charge in [0.15, 0.2) is 23.0 Å². The van der Waals surface area contributed by atoms with E-state index < -0.39 is 0 Å². The standard InChI is InChI=1S/C17H14O4/c1-2-13(11-3-5-14-16(7-11)20-9-18-14)12-4-6-15-17(8-12)21-10-19-15/h2-8H,9-10H2,1H3. The maximum Gasteiger partial charge on any atom is 0.231 e. The van der Waals surface area contributed by atoms with Crippen LogP contribution in [0.2, 0.25) is 0 Å². The fourth-order valence-electron chi connectivity index (χ4n) is 2.63. The van der Waals surface area contributed by atoms with Gasteiger partial charge in [0.25, 0.3) is 0 Å². The van der Waals surface area contributed by atoms with Crippen molar-refractivity contribution in [1.82, 2.24) is 0 Å². The molecule has 2 aromatic carbocycles. The highest BCUT2D eigenvalue weighted by molar-refractivity contribution is 5.81. The van der Waals surface area contributed by atoms with Crippen LogP contribution in [0.4, 0.5) is 0 Å². The van der Waals surface area contributed by atoms with E-state index in [4.69, 9.17) is 18.9 Å². The Morgan fingerprint density at radius 2 is 1.24 bits per heavy atom. The van der Waals surface area contributed by atoms with Crippen LogP contribution in [0.15, 0.2) is 42.5 Å². The Kier molecular flexibility index (Phi) is 2.74. The summed E-state index contributed by atoms with van der Waals surface area (Å²) in [6, 6.07) is 12.0. The molecule has 2 aromatic rings. The van der Waals surface area contributed by atoms with Gasteiger partial charge in [-0.1, -0.05) is 18.2 Å². The Morgan fingerprint density at radius 1 is 0.762 bits per heavy atom. The summed E-state index contributed by atoms with van der Waals surface area (Å²) in [7, 11) is 0. The van der Waals surface area contributed by atoms with E-state index in [1.165, 1.54) is 0 Å². The SMILES string of the molecule is CC=C(c1ccc2c(c1)OCO2)c1ccc2c(c1)OCO2. The van der Waals surface area contributed by atoms with Gasteiger partial charge in [-0.25, -0.2) is 0 Å². The molecule has 0 aliphatic carbocycles. The first-order valence-electron chi connectivity index (χ1n) is 6.81. The lowest BCUT2D eigenvalue weighted by Crippen LogP contribution is -1.93. The highest BCUT2D eigenvalue weighted by Crippen LogP contribution is 2.39. The summed E-state index contributed by atoms with van der Waals surface area (Å²) in [6.07, 6.45) is 2.08. The van der Waals surface area contributed by atoms with Crippen LogP contribution in [0.1, 0.15) is 18.1 Å². The van der Waals surface area contributed by atoms with E-state index >= 15 is 0 Å². The maximum atomic E-state index is 5.45. The Balaban J connectivity index is 1.75. The zero-order valence-corrected chi connectivity index (χ0v) is 11.6. The first kappa shape index (κ1) is 12.1. The molecule has 4 rings (SSSR count). The lowest BCUT2D eigenvalue weighted by molar-refractivity contribution is 0.173. The van der Waals surface area contributed by atoms with Crippen molar-refractivity contribution in [1.29, 1.82) is 0 Å². The number of hydrogen-bond acceptors (Lipinski definition) is 4. The number of hydrogen-bond donors (Lipinski definition) is 0. The van der Waals surface area contributed by atoms with E-state index in [0.717, 1.165) is 39.7 Å². The molecule has 0 amide bonds. The molecule has 21 heavy (non-hydrogen) atoms. The molecule has 0 fully saturated rings. The topological polar surface area (TPSA) is 36.9 Å². The average Bonchev–Trinajstić information content (AvgIpc) is 3.15. The second-order valence-corrected chi connectivity index (χ2v) is 4.84. The van der Waals surface area contributed by atoms with Gasteiger partial charge in [0.2, 0.25) is 13.6 Å². The molecule has 4 nitrogen and oxygen atoms in total. The number of rotatable bonds is 2. The van der Waals surface area contributed by atoms with Crippen LogP contribution in [0.5, 0.6) is 23.0 Å². The van der Waals surface area contributed by atoms with Crippen molar-refractivity contribution in [3.8, 4) is 23.0 Å². The summed E-state index contributed by atoms with van der Waals surface area (Å²) in [4.78, 5) is 0. The minimum Gasteiger partial charge on any atom is -0.454 e. The molecule has 0 atom stereocenters. The quantitative estimate of drug-likeness (QED) is 0.843. The maximum absolute atomic E-state index is 5.45. The van der Waals surface area contributed by atoms with Crippen LogP contribution in [-0.2, 0) is 0 Å². The monoisotopic (exact) mass is 282 g/mol. The molecule has 0 saturated heterocycles. The van der Waals surface area contributed by atoms with Crippen LogP contribution in [-0.4, -0.2) is 13.6 Å². The predicted octanol–water partition coefficient (Wildman–Crippen LogP) is 3.60. The minimum absolute atomic E-state index is 0.286. The predicted molar refractivity (Wildman–Crippen MR) is 77.9 cm³/mol. The van der Waals surface area contributed by atoms with Gasteiger partial charge in [-0.2, -0.15) is 0 Å². The number of ether oxygens (including phenoxy) is 4. The molecule has 2 aliphatic rings. The van der Waals surface area contributed by atoms with Crippen molar-refractivity contribution in [3.05, 3.63) is 53.6 Å². The first-order chi connectivity index (χ1) is 10.3. The van der Waals surface area contributed by atoms with Gasteiger partial charge in [0, 0.05) is 0 Å². The summed E-state index contributed by atoms with van der Waals surface area (Å²) in [5, 5.41) is 0. The van der Waals surface area contributed by atoms with Crippen LogP contribution in [0.3, 0.4) is 0 Å². The van der Waals surface area contributed by atoms with Crippen molar-refractivity contribution in [2.75, 3.05) is 13.6 Å². The highest BCUT2D eigenvalue weighted by atomic mass is 16.7. The summed E-state index contributed by atoms with van der Waals surface area (Å²) in [6.45, 7) is 2.59. The molecular formula is C17H14O4. The van der Waals surface area contributed by atoms with Gasteiger partial charge in [0.1, 0.15) is 0 Å². The van der Waals surface area contributed by atoms with E-state index in [-0.39, 0.29) is 13.6 Å². The molecule has 0 unspecified atom stereocenters. The van der Waals surface area contributed by atoms with Crippen molar-refractivity contribution >= 4 is 5.57 Å². The zero-order valence-electron chi connectivity index (χ0n) is 11.6. The second-order valence-electron chi connectivity index (χ2n) is 4.84. The van der Waals surface area contributed by atoms with Gasteiger partial charge in [-0.3, -0.25) is 0 Å². The van der Waals surface area contributed by atoms with Crippen molar-refractivity contribution in [2.24, 2.45) is 0 Å². The third-order valence-electron chi connectivity index (χ3n) is 3.66. The van der Waals surface area contributed by atoms with Crippen LogP contribution in [0.25, 0.3) is 5.57 Å². The third kappa shape index (κ3) is 2.00. The molecule has 106 valence electrons. The number of fused-ring (bicyclic) bond motifs is 2. The molecule has 0 aromatic heterocycles. The summed E-state index contributed by atoms with van der Waals surface area (Å²) < 4.78 is 21.6. The second kappa shape index (κ2) is 4.74. The van der Waals surface area contributed by atoms with Gasteiger partial charge < -0.3 is 18.9 Å². The van der Waals surface area contributed by atoms with Crippen molar-refractivity contribution in [2.45, 2.75) is 6.92 Å². The molecule has 0 bridgehead atoms. The summed E-state index contributed by atoms with van der Waals surface area (Å²) in [5.41, 5.74) is 3.29. The van der Waals surface area contributed by atoms with Gasteiger partial charge in [-0.05, 0) is 47.9 Å². The van der Waals surface area contributed by atoms with Gasteiger partial charge >= 0.3 is 0 Å². The van der Waals surface area contributed by atoms with Crippen molar-refractivity contribution < 1.29 is 18.9 Å². The van der Waals surface area contributed by atoms with Crippen LogP contribution >= 0.6 is 0 Å².